The maximum absolute atomic E-state index is 13.3. The fourth-order valence-corrected chi connectivity index (χ4v) is 4.67. The van der Waals surface area contributed by atoms with Crippen LogP contribution in [0.4, 0.5) is 5.82 Å². The van der Waals surface area contributed by atoms with Crippen molar-refractivity contribution in [2.24, 2.45) is 5.92 Å². The summed E-state index contributed by atoms with van der Waals surface area (Å²) in [5.74, 6) is 0.499. The number of fused-ring (bicyclic) bond motifs is 1. The van der Waals surface area contributed by atoms with Crippen molar-refractivity contribution in [1.29, 1.82) is 0 Å². The molecule has 1 saturated carbocycles. The van der Waals surface area contributed by atoms with Crippen LogP contribution in [0.2, 0.25) is 0 Å². The standard InChI is InChI=1S/C24H29N7O2/c1-16(31-15-28-20-21(25)26-14-27-22(20)31)23(32)29-11-9-18(10-12-29)24(33)30(19-7-8-19)13-17-5-3-2-4-6-17/h2-6,14-16,18-19H,7-13H2,1H3,(H2,25,26,27). The van der Waals surface area contributed by atoms with Crippen molar-refractivity contribution in [3.05, 3.63) is 48.5 Å². The first kappa shape index (κ1) is 21.4. The topological polar surface area (TPSA) is 110 Å². The van der Waals surface area contributed by atoms with Gasteiger partial charge in [-0.25, -0.2) is 15.0 Å². The number of carbonyl (C=O) groups is 2. The monoisotopic (exact) mass is 447 g/mol. The zero-order valence-electron chi connectivity index (χ0n) is 18.8. The molecule has 3 heterocycles. The summed E-state index contributed by atoms with van der Waals surface area (Å²) in [6, 6.07) is 10.1. The van der Waals surface area contributed by atoms with Crippen LogP contribution in [0.3, 0.4) is 0 Å². The summed E-state index contributed by atoms with van der Waals surface area (Å²) >= 11 is 0. The van der Waals surface area contributed by atoms with Gasteiger partial charge in [-0.3, -0.25) is 9.59 Å². The van der Waals surface area contributed by atoms with Crippen LogP contribution in [0, 0.1) is 5.92 Å². The Morgan fingerprint density at radius 1 is 1.09 bits per heavy atom. The van der Waals surface area contributed by atoms with E-state index in [0.717, 1.165) is 18.4 Å². The lowest BCUT2D eigenvalue weighted by Gasteiger charge is -2.35. The summed E-state index contributed by atoms with van der Waals surface area (Å²) in [6.07, 6.45) is 6.52. The van der Waals surface area contributed by atoms with Crippen molar-refractivity contribution in [3.8, 4) is 0 Å². The van der Waals surface area contributed by atoms with E-state index in [4.69, 9.17) is 5.73 Å². The first-order valence-corrected chi connectivity index (χ1v) is 11.6. The number of nitrogens with two attached hydrogens (primary N) is 1. The number of carbonyl (C=O) groups excluding carboxylic acids is 2. The van der Waals surface area contributed by atoms with E-state index in [2.05, 4.69) is 32.0 Å². The number of hydrogen-bond donors (Lipinski definition) is 1. The first-order valence-electron chi connectivity index (χ1n) is 11.6. The molecule has 1 atom stereocenters. The van der Waals surface area contributed by atoms with Gasteiger partial charge in [0.05, 0.1) is 6.33 Å². The molecular weight excluding hydrogens is 418 g/mol. The minimum Gasteiger partial charge on any atom is -0.382 e. The number of anilines is 1. The van der Waals surface area contributed by atoms with Crippen LogP contribution in [-0.2, 0) is 16.1 Å². The van der Waals surface area contributed by atoms with Gasteiger partial charge in [0.1, 0.15) is 17.9 Å². The van der Waals surface area contributed by atoms with Crippen LogP contribution in [-0.4, -0.2) is 60.3 Å². The van der Waals surface area contributed by atoms with Crippen molar-refractivity contribution in [1.82, 2.24) is 29.3 Å². The normalized spacial score (nSPS) is 17.8. The number of rotatable bonds is 6. The Balaban J connectivity index is 1.22. The number of hydrogen-bond acceptors (Lipinski definition) is 6. The predicted octanol–water partition coefficient (Wildman–Crippen LogP) is 2.40. The largest absolute Gasteiger partial charge is 0.382 e. The second-order valence-corrected chi connectivity index (χ2v) is 9.04. The second-order valence-electron chi connectivity index (χ2n) is 9.04. The molecule has 33 heavy (non-hydrogen) atoms. The van der Waals surface area contributed by atoms with E-state index in [-0.39, 0.29) is 17.7 Å². The number of nitrogen functional groups attached to an aromatic ring is 1. The summed E-state index contributed by atoms with van der Waals surface area (Å²) < 4.78 is 1.74. The molecule has 1 saturated heterocycles. The molecule has 2 amide bonds. The smallest absolute Gasteiger partial charge is 0.245 e. The number of benzene rings is 1. The van der Waals surface area contributed by atoms with Crippen LogP contribution < -0.4 is 5.73 Å². The molecule has 0 radical (unpaired) electrons. The average molecular weight is 448 g/mol. The summed E-state index contributed by atoms with van der Waals surface area (Å²) in [6.45, 7) is 3.66. The van der Waals surface area contributed by atoms with E-state index in [0.29, 0.717) is 55.5 Å². The molecule has 2 aliphatic rings. The number of amides is 2. The third-order valence-electron chi connectivity index (χ3n) is 6.78. The SMILES string of the molecule is CC(C(=O)N1CCC(C(=O)N(Cc2ccccc2)C2CC2)CC1)n1cnc2c(N)ncnc21. The average Bonchev–Trinajstić information content (AvgIpc) is 3.60. The number of nitrogens with zero attached hydrogens (tertiary/aromatic N) is 6. The molecule has 9 heteroatoms. The number of piperidine rings is 1. The van der Waals surface area contributed by atoms with E-state index in [1.54, 1.807) is 10.9 Å². The molecule has 9 nitrogen and oxygen atoms in total. The molecule has 2 fully saturated rings. The van der Waals surface area contributed by atoms with Crippen molar-refractivity contribution >= 4 is 28.8 Å². The summed E-state index contributed by atoms with van der Waals surface area (Å²) in [5, 5.41) is 0. The van der Waals surface area contributed by atoms with Gasteiger partial charge in [0.15, 0.2) is 11.5 Å². The van der Waals surface area contributed by atoms with Crippen molar-refractivity contribution < 1.29 is 9.59 Å². The molecule has 5 rings (SSSR count). The minimum atomic E-state index is -0.461. The van der Waals surface area contributed by atoms with Crippen LogP contribution in [0.15, 0.2) is 43.0 Å². The number of imidazole rings is 1. The van der Waals surface area contributed by atoms with Gasteiger partial charge in [0, 0.05) is 31.6 Å². The molecular formula is C24H29N7O2. The van der Waals surface area contributed by atoms with Crippen LogP contribution in [0.5, 0.6) is 0 Å². The third kappa shape index (κ3) is 4.27. The lowest BCUT2D eigenvalue weighted by Crippen LogP contribution is -2.46. The van der Waals surface area contributed by atoms with Gasteiger partial charge in [-0.15, -0.1) is 0 Å². The molecule has 0 bridgehead atoms. The Labute approximate surface area is 192 Å². The Bertz CT molecular complexity index is 1150. The van der Waals surface area contributed by atoms with Crippen molar-refractivity contribution in [3.63, 3.8) is 0 Å². The molecule has 3 aromatic rings. The lowest BCUT2D eigenvalue weighted by atomic mass is 9.94. The molecule has 2 aromatic heterocycles. The van der Waals surface area contributed by atoms with Gasteiger partial charge in [-0.05, 0) is 38.2 Å². The minimum absolute atomic E-state index is 0.000664. The van der Waals surface area contributed by atoms with E-state index in [9.17, 15) is 9.59 Å². The molecule has 1 unspecified atom stereocenters. The fourth-order valence-electron chi connectivity index (χ4n) is 4.67. The summed E-state index contributed by atoms with van der Waals surface area (Å²) in [5.41, 5.74) is 8.09. The van der Waals surface area contributed by atoms with Gasteiger partial charge in [0.2, 0.25) is 11.8 Å². The van der Waals surface area contributed by atoms with E-state index in [1.165, 1.54) is 6.33 Å². The second kappa shape index (κ2) is 8.80. The van der Waals surface area contributed by atoms with Gasteiger partial charge in [-0.1, -0.05) is 30.3 Å². The molecule has 2 N–H and O–H groups in total. The molecule has 1 aromatic carbocycles. The van der Waals surface area contributed by atoms with Crippen LogP contribution in [0.1, 0.15) is 44.2 Å². The fraction of sp³-hybridized carbons (Fsp3) is 0.458. The predicted molar refractivity (Wildman–Crippen MR) is 124 cm³/mol. The Kier molecular flexibility index (Phi) is 5.70. The highest BCUT2D eigenvalue weighted by Gasteiger charge is 2.38. The van der Waals surface area contributed by atoms with Crippen LogP contribution >= 0.6 is 0 Å². The molecule has 1 aliphatic heterocycles. The highest BCUT2D eigenvalue weighted by atomic mass is 16.2. The highest BCUT2D eigenvalue weighted by molar-refractivity contribution is 5.86. The van der Waals surface area contributed by atoms with E-state index >= 15 is 0 Å². The Morgan fingerprint density at radius 3 is 2.52 bits per heavy atom. The van der Waals surface area contributed by atoms with Crippen molar-refractivity contribution in [2.75, 3.05) is 18.8 Å². The maximum Gasteiger partial charge on any atom is 0.245 e. The van der Waals surface area contributed by atoms with Gasteiger partial charge in [0.25, 0.3) is 0 Å². The Hall–Kier alpha value is -3.49. The third-order valence-corrected chi connectivity index (χ3v) is 6.78. The maximum atomic E-state index is 13.3. The van der Waals surface area contributed by atoms with E-state index < -0.39 is 6.04 Å². The van der Waals surface area contributed by atoms with Crippen LogP contribution in [0.25, 0.3) is 11.2 Å². The summed E-state index contributed by atoms with van der Waals surface area (Å²) in [4.78, 5) is 42.9. The van der Waals surface area contributed by atoms with Gasteiger partial charge < -0.3 is 20.1 Å². The van der Waals surface area contributed by atoms with Gasteiger partial charge >= 0.3 is 0 Å². The zero-order valence-corrected chi connectivity index (χ0v) is 18.8. The highest BCUT2D eigenvalue weighted by Crippen LogP contribution is 2.32. The zero-order chi connectivity index (χ0) is 22.9. The quantitative estimate of drug-likeness (QED) is 0.621. The van der Waals surface area contributed by atoms with Crippen molar-refractivity contribution in [2.45, 2.75) is 51.2 Å². The molecule has 0 spiro atoms. The first-order chi connectivity index (χ1) is 16.0. The van der Waals surface area contributed by atoms with E-state index in [1.807, 2.05) is 30.0 Å². The molecule has 172 valence electrons. The lowest BCUT2D eigenvalue weighted by molar-refractivity contribution is -0.142. The number of likely N-dealkylation sites (tertiary alicyclic amines) is 1. The number of aromatic nitrogens is 4. The van der Waals surface area contributed by atoms with Gasteiger partial charge in [-0.2, -0.15) is 0 Å². The Morgan fingerprint density at radius 2 is 1.82 bits per heavy atom. The summed E-state index contributed by atoms with van der Waals surface area (Å²) in [7, 11) is 0. The molecule has 1 aliphatic carbocycles.